The fourth-order valence-corrected chi connectivity index (χ4v) is 7.77. The van der Waals surface area contributed by atoms with Crippen molar-refractivity contribution >= 4 is 49.8 Å². The normalized spacial score (nSPS) is 11.3. The molecule has 1 heterocycles. The van der Waals surface area contributed by atoms with Gasteiger partial charge < -0.3 is 9.32 Å². The zero-order valence-electron chi connectivity index (χ0n) is 29.6. The van der Waals surface area contributed by atoms with E-state index in [4.69, 9.17) is 4.42 Å². The van der Waals surface area contributed by atoms with Crippen LogP contribution in [0, 0.1) is 0 Å². The van der Waals surface area contributed by atoms with Crippen LogP contribution in [-0.2, 0) is 0 Å². The maximum atomic E-state index is 6.68. The highest BCUT2D eigenvalue weighted by Gasteiger charge is 2.22. The summed E-state index contributed by atoms with van der Waals surface area (Å²) in [6.45, 7) is 0. The fourth-order valence-electron chi connectivity index (χ4n) is 7.77. The van der Waals surface area contributed by atoms with Crippen LogP contribution in [0.2, 0.25) is 0 Å². The van der Waals surface area contributed by atoms with E-state index in [-0.39, 0.29) is 0 Å². The lowest BCUT2D eigenvalue weighted by atomic mass is 9.97. The SMILES string of the molecule is c1ccc(-c2ccc(-c3ccc(N(c4ccc(-c5ccccc5)cc4)c4cc5oc6ccc7ccccc7c6c5cc4-c4ccccc4)cc3)cc2)cc1. The summed E-state index contributed by atoms with van der Waals surface area (Å²) in [7, 11) is 0. The van der Waals surface area contributed by atoms with Crippen LogP contribution < -0.4 is 4.90 Å². The number of hydrogen-bond donors (Lipinski definition) is 0. The molecule has 0 amide bonds. The van der Waals surface area contributed by atoms with Gasteiger partial charge in [-0.3, -0.25) is 0 Å². The van der Waals surface area contributed by atoms with E-state index in [1.807, 2.05) is 0 Å². The molecule has 1 aromatic heterocycles. The van der Waals surface area contributed by atoms with Crippen LogP contribution in [0.25, 0.3) is 77.2 Å². The molecule has 0 spiro atoms. The van der Waals surface area contributed by atoms with Crippen LogP contribution >= 0.6 is 0 Å². The van der Waals surface area contributed by atoms with Crippen molar-refractivity contribution in [2.24, 2.45) is 0 Å². The molecule has 254 valence electrons. The molecule has 0 unspecified atom stereocenters. The predicted octanol–water partition coefficient (Wildman–Crippen LogP) is 14.9. The van der Waals surface area contributed by atoms with Gasteiger partial charge >= 0.3 is 0 Å². The summed E-state index contributed by atoms with van der Waals surface area (Å²) in [5.74, 6) is 0. The van der Waals surface area contributed by atoms with Crippen molar-refractivity contribution in [1.82, 2.24) is 0 Å². The van der Waals surface area contributed by atoms with E-state index >= 15 is 0 Å². The second kappa shape index (κ2) is 13.4. The van der Waals surface area contributed by atoms with E-state index in [1.54, 1.807) is 0 Å². The summed E-state index contributed by atoms with van der Waals surface area (Å²) in [5, 5.41) is 4.65. The Morgan fingerprint density at radius 2 is 0.759 bits per heavy atom. The second-order valence-corrected chi connectivity index (χ2v) is 13.7. The summed E-state index contributed by atoms with van der Waals surface area (Å²) in [6, 6.07) is 75.8. The number of hydrogen-bond acceptors (Lipinski definition) is 2. The number of anilines is 3. The predicted molar refractivity (Wildman–Crippen MR) is 228 cm³/mol. The van der Waals surface area contributed by atoms with Crippen LogP contribution in [0.3, 0.4) is 0 Å². The van der Waals surface area contributed by atoms with E-state index in [9.17, 15) is 0 Å². The average Bonchev–Trinajstić information content (AvgIpc) is 3.63. The molecule has 2 heteroatoms. The molecule has 0 N–H and O–H groups in total. The Bertz CT molecular complexity index is 2880. The third-order valence-electron chi connectivity index (χ3n) is 10.5. The molecule has 0 saturated carbocycles. The van der Waals surface area contributed by atoms with Gasteiger partial charge in [0, 0.05) is 33.8 Å². The monoisotopic (exact) mass is 689 g/mol. The highest BCUT2D eigenvalue weighted by atomic mass is 16.3. The van der Waals surface area contributed by atoms with E-state index in [0.29, 0.717) is 0 Å². The molecular formula is C52H35NO. The van der Waals surface area contributed by atoms with E-state index < -0.39 is 0 Å². The summed E-state index contributed by atoms with van der Waals surface area (Å²) < 4.78 is 6.68. The molecule has 0 atom stereocenters. The molecule has 0 aliphatic heterocycles. The van der Waals surface area contributed by atoms with Gasteiger partial charge in [-0.05, 0) is 86.1 Å². The number of fused-ring (bicyclic) bond motifs is 5. The third-order valence-corrected chi connectivity index (χ3v) is 10.5. The van der Waals surface area contributed by atoms with Crippen LogP contribution in [0.4, 0.5) is 17.1 Å². The molecule has 0 fully saturated rings. The van der Waals surface area contributed by atoms with Gasteiger partial charge in [0.05, 0.1) is 5.69 Å². The lowest BCUT2D eigenvalue weighted by Crippen LogP contribution is -2.11. The lowest BCUT2D eigenvalue weighted by Gasteiger charge is -2.28. The van der Waals surface area contributed by atoms with Crippen molar-refractivity contribution in [3.63, 3.8) is 0 Å². The minimum absolute atomic E-state index is 0.858. The summed E-state index contributed by atoms with van der Waals surface area (Å²) in [6.07, 6.45) is 0. The molecule has 0 bridgehead atoms. The Hall–Kier alpha value is -7.16. The smallest absolute Gasteiger partial charge is 0.137 e. The highest BCUT2D eigenvalue weighted by molar-refractivity contribution is 6.20. The number of furan rings is 1. The van der Waals surface area contributed by atoms with Crippen LogP contribution in [0.5, 0.6) is 0 Å². The van der Waals surface area contributed by atoms with Crippen LogP contribution in [0.15, 0.2) is 217 Å². The zero-order valence-corrected chi connectivity index (χ0v) is 29.6. The van der Waals surface area contributed by atoms with Crippen molar-refractivity contribution in [1.29, 1.82) is 0 Å². The van der Waals surface area contributed by atoms with Gasteiger partial charge in [0.15, 0.2) is 0 Å². The van der Waals surface area contributed by atoms with Crippen LogP contribution in [-0.4, -0.2) is 0 Å². The maximum absolute atomic E-state index is 6.68. The van der Waals surface area contributed by atoms with Crippen molar-refractivity contribution in [2.45, 2.75) is 0 Å². The quantitative estimate of drug-likeness (QED) is 0.166. The zero-order chi connectivity index (χ0) is 35.8. The molecule has 54 heavy (non-hydrogen) atoms. The van der Waals surface area contributed by atoms with Gasteiger partial charge in [-0.15, -0.1) is 0 Å². The topological polar surface area (TPSA) is 16.4 Å². The molecule has 9 aromatic carbocycles. The summed E-state index contributed by atoms with van der Waals surface area (Å²) >= 11 is 0. The van der Waals surface area contributed by atoms with E-state index in [2.05, 4.69) is 217 Å². The van der Waals surface area contributed by atoms with Gasteiger partial charge in [-0.2, -0.15) is 0 Å². The summed E-state index contributed by atoms with van der Waals surface area (Å²) in [5.41, 5.74) is 14.3. The highest BCUT2D eigenvalue weighted by Crippen LogP contribution is 2.46. The number of rotatable bonds is 7. The Balaban J connectivity index is 1.14. The van der Waals surface area contributed by atoms with Crippen molar-refractivity contribution in [3.8, 4) is 44.5 Å². The van der Waals surface area contributed by atoms with Gasteiger partial charge in [0.25, 0.3) is 0 Å². The average molecular weight is 690 g/mol. The molecule has 10 rings (SSSR count). The minimum atomic E-state index is 0.858. The minimum Gasteiger partial charge on any atom is -0.456 e. The third kappa shape index (κ3) is 5.71. The molecular weight excluding hydrogens is 655 g/mol. The molecule has 0 aliphatic carbocycles. The largest absolute Gasteiger partial charge is 0.456 e. The van der Waals surface area contributed by atoms with Crippen LogP contribution in [0.1, 0.15) is 0 Å². The first-order valence-corrected chi connectivity index (χ1v) is 18.4. The van der Waals surface area contributed by atoms with Gasteiger partial charge in [0.1, 0.15) is 11.2 Å². The van der Waals surface area contributed by atoms with Gasteiger partial charge in [0.2, 0.25) is 0 Å². The first kappa shape index (κ1) is 31.6. The first-order chi connectivity index (χ1) is 26.8. The van der Waals surface area contributed by atoms with E-state index in [0.717, 1.165) is 50.1 Å². The summed E-state index contributed by atoms with van der Waals surface area (Å²) in [4.78, 5) is 2.37. The van der Waals surface area contributed by atoms with Gasteiger partial charge in [-0.1, -0.05) is 170 Å². The lowest BCUT2D eigenvalue weighted by molar-refractivity contribution is 0.669. The fraction of sp³-hybridized carbons (Fsp3) is 0. The van der Waals surface area contributed by atoms with Crippen molar-refractivity contribution in [3.05, 3.63) is 212 Å². The number of benzene rings is 9. The molecule has 0 saturated heterocycles. The Morgan fingerprint density at radius 1 is 0.315 bits per heavy atom. The van der Waals surface area contributed by atoms with Gasteiger partial charge in [-0.25, -0.2) is 0 Å². The molecule has 0 aliphatic rings. The maximum Gasteiger partial charge on any atom is 0.137 e. The standard InChI is InChI=1S/C52H35NO/c1-4-12-36(13-5-1)38-20-22-39(23-21-38)41-26-31-45(32-27-41)53(44-29-24-40(25-30-44)37-14-6-2-7-15-37)49-35-51-48(34-47(49)42-16-8-3-9-17-42)52-46-19-11-10-18-43(46)28-33-50(52)54-51/h1-35H. The van der Waals surface area contributed by atoms with Crippen molar-refractivity contribution < 1.29 is 4.42 Å². The Kier molecular flexibility index (Phi) is 7.85. The van der Waals surface area contributed by atoms with E-state index in [1.165, 1.54) is 44.2 Å². The van der Waals surface area contributed by atoms with Crippen molar-refractivity contribution in [2.75, 3.05) is 4.90 Å². The first-order valence-electron chi connectivity index (χ1n) is 18.4. The second-order valence-electron chi connectivity index (χ2n) is 13.7. The molecule has 2 nitrogen and oxygen atoms in total. The number of nitrogens with zero attached hydrogens (tertiary/aromatic N) is 1. The molecule has 0 radical (unpaired) electrons. The molecule has 10 aromatic rings. The Labute approximate surface area is 314 Å². The Morgan fingerprint density at radius 3 is 1.30 bits per heavy atom.